The monoisotopic (exact) mass is 352 g/mol. The second-order valence-electron chi connectivity index (χ2n) is 6.61. The summed E-state index contributed by atoms with van der Waals surface area (Å²) in [5, 5.41) is 11.1. The Balaban J connectivity index is 1.50. The van der Waals surface area contributed by atoms with Crippen LogP contribution in [0.4, 0.5) is 0 Å². The summed E-state index contributed by atoms with van der Waals surface area (Å²) in [6, 6.07) is 11.9. The van der Waals surface area contributed by atoms with Crippen LogP contribution in [0.25, 0.3) is 5.65 Å². The Morgan fingerprint density at radius 3 is 2.88 bits per heavy atom. The first-order valence-corrected chi connectivity index (χ1v) is 8.83. The third-order valence-electron chi connectivity index (χ3n) is 4.29. The SMILES string of the molecule is Cc1ccc(C(C)C)cc1OCC(=O)NCCc1nnc2ccccn12. The molecule has 0 fully saturated rings. The smallest absolute Gasteiger partial charge is 0.257 e. The van der Waals surface area contributed by atoms with E-state index in [4.69, 9.17) is 4.74 Å². The molecule has 0 spiro atoms. The molecular weight excluding hydrogens is 328 g/mol. The normalized spacial score (nSPS) is 11.1. The largest absolute Gasteiger partial charge is 0.483 e. The first kappa shape index (κ1) is 17.9. The lowest BCUT2D eigenvalue weighted by atomic mass is 10.0. The van der Waals surface area contributed by atoms with Gasteiger partial charge in [-0.3, -0.25) is 9.20 Å². The number of carbonyl (C=O) groups excluding carboxylic acids is 1. The van der Waals surface area contributed by atoms with Gasteiger partial charge in [-0.15, -0.1) is 10.2 Å². The van der Waals surface area contributed by atoms with Crippen molar-refractivity contribution in [1.82, 2.24) is 19.9 Å². The lowest BCUT2D eigenvalue weighted by Crippen LogP contribution is -2.31. The van der Waals surface area contributed by atoms with Crippen molar-refractivity contribution in [2.45, 2.75) is 33.1 Å². The summed E-state index contributed by atoms with van der Waals surface area (Å²) in [4.78, 5) is 12.1. The lowest BCUT2D eigenvalue weighted by Gasteiger charge is -2.12. The van der Waals surface area contributed by atoms with Gasteiger partial charge in [0.25, 0.3) is 5.91 Å². The van der Waals surface area contributed by atoms with E-state index in [0.29, 0.717) is 18.9 Å². The number of amides is 1. The van der Waals surface area contributed by atoms with Gasteiger partial charge < -0.3 is 10.1 Å². The van der Waals surface area contributed by atoms with E-state index in [2.05, 4.69) is 35.4 Å². The molecule has 0 saturated heterocycles. The molecule has 0 saturated carbocycles. The number of ether oxygens (including phenoxy) is 1. The topological polar surface area (TPSA) is 68.5 Å². The molecule has 3 rings (SSSR count). The summed E-state index contributed by atoms with van der Waals surface area (Å²) in [6.07, 6.45) is 2.53. The Labute approximate surface area is 153 Å². The van der Waals surface area contributed by atoms with E-state index in [0.717, 1.165) is 22.8 Å². The highest BCUT2D eigenvalue weighted by Gasteiger charge is 2.09. The molecule has 2 heterocycles. The minimum atomic E-state index is -0.145. The highest BCUT2D eigenvalue weighted by Crippen LogP contribution is 2.24. The van der Waals surface area contributed by atoms with Gasteiger partial charge in [0.2, 0.25) is 0 Å². The first-order valence-electron chi connectivity index (χ1n) is 8.83. The zero-order valence-electron chi connectivity index (χ0n) is 15.4. The van der Waals surface area contributed by atoms with E-state index < -0.39 is 0 Å². The average Bonchev–Trinajstić information content (AvgIpc) is 3.04. The molecule has 26 heavy (non-hydrogen) atoms. The Kier molecular flexibility index (Phi) is 5.51. The van der Waals surface area contributed by atoms with Crippen LogP contribution in [-0.2, 0) is 11.2 Å². The Hall–Kier alpha value is -2.89. The minimum Gasteiger partial charge on any atom is -0.483 e. The van der Waals surface area contributed by atoms with Crippen LogP contribution in [0.1, 0.15) is 36.7 Å². The number of nitrogens with one attached hydrogen (secondary N) is 1. The molecule has 0 bridgehead atoms. The molecule has 2 aromatic heterocycles. The molecule has 0 aliphatic rings. The molecule has 0 aliphatic heterocycles. The van der Waals surface area contributed by atoms with Gasteiger partial charge in [0.1, 0.15) is 11.6 Å². The van der Waals surface area contributed by atoms with Crippen LogP contribution in [-0.4, -0.2) is 33.7 Å². The summed E-state index contributed by atoms with van der Waals surface area (Å²) < 4.78 is 7.62. The van der Waals surface area contributed by atoms with E-state index in [1.54, 1.807) is 0 Å². The molecule has 3 aromatic rings. The third-order valence-corrected chi connectivity index (χ3v) is 4.29. The molecule has 1 amide bonds. The van der Waals surface area contributed by atoms with Crippen molar-refractivity contribution in [3.63, 3.8) is 0 Å². The van der Waals surface area contributed by atoms with Gasteiger partial charge in [0.05, 0.1) is 0 Å². The molecular formula is C20H24N4O2. The first-order chi connectivity index (χ1) is 12.5. The van der Waals surface area contributed by atoms with Gasteiger partial charge in [-0.1, -0.05) is 32.0 Å². The third kappa shape index (κ3) is 4.20. The Morgan fingerprint density at radius 1 is 1.23 bits per heavy atom. The molecule has 0 aliphatic carbocycles. The van der Waals surface area contributed by atoms with E-state index in [1.807, 2.05) is 47.9 Å². The maximum Gasteiger partial charge on any atom is 0.257 e. The summed E-state index contributed by atoms with van der Waals surface area (Å²) >= 11 is 0. The highest BCUT2D eigenvalue weighted by atomic mass is 16.5. The van der Waals surface area contributed by atoms with Crippen LogP contribution in [0.5, 0.6) is 5.75 Å². The van der Waals surface area contributed by atoms with Crippen molar-refractivity contribution in [2.24, 2.45) is 0 Å². The van der Waals surface area contributed by atoms with Crippen LogP contribution in [0.2, 0.25) is 0 Å². The maximum atomic E-state index is 12.1. The summed E-state index contributed by atoms with van der Waals surface area (Å²) in [7, 11) is 0. The molecule has 0 radical (unpaired) electrons. The predicted molar refractivity (Wildman–Crippen MR) is 100 cm³/mol. The van der Waals surface area contributed by atoms with E-state index in [9.17, 15) is 4.79 Å². The molecule has 0 unspecified atom stereocenters. The number of carbonyl (C=O) groups is 1. The van der Waals surface area contributed by atoms with Crippen molar-refractivity contribution in [3.8, 4) is 5.75 Å². The van der Waals surface area contributed by atoms with Crippen molar-refractivity contribution < 1.29 is 9.53 Å². The van der Waals surface area contributed by atoms with Crippen molar-refractivity contribution in [3.05, 3.63) is 59.5 Å². The van der Waals surface area contributed by atoms with Gasteiger partial charge >= 0.3 is 0 Å². The predicted octanol–water partition coefficient (Wildman–Crippen LogP) is 2.90. The van der Waals surface area contributed by atoms with Gasteiger partial charge in [-0.05, 0) is 42.2 Å². The number of hydrogen-bond donors (Lipinski definition) is 1. The van der Waals surface area contributed by atoms with Gasteiger partial charge in [0, 0.05) is 19.2 Å². The fourth-order valence-corrected chi connectivity index (χ4v) is 2.70. The lowest BCUT2D eigenvalue weighted by molar-refractivity contribution is -0.123. The highest BCUT2D eigenvalue weighted by molar-refractivity contribution is 5.77. The number of pyridine rings is 1. The second-order valence-corrected chi connectivity index (χ2v) is 6.61. The van der Waals surface area contributed by atoms with Gasteiger partial charge in [-0.2, -0.15) is 0 Å². The number of hydrogen-bond acceptors (Lipinski definition) is 4. The fourth-order valence-electron chi connectivity index (χ4n) is 2.70. The summed E-state index contributed by atoms with van der Waals surface area (Å²) in [6.45, 7) is 6.74. The summed E-state index contributed by atoms with van der Waals surface area (Å²) in [5.74, 6) is 1.86. The van der Waals surface area contributed by atoms with Gasteiger partial charge in [0.15, 0.2) is 12.3 Å². The van der Waals surface area contributed by atoms with Crippen molar-refractivity contribution >= 4 is 11.6 Å². The van der Waals surface area contributed by atoms with Crippen LogP contribution < -0.4 is 10.1 Å². The van der Waals surface area contributed by atoms with Crippen molar-refractivity contribution in [2.75, 3.05) is 13.2 Å². The quantitative estimate of drug-likeness (QED) is 0.710. The van der Waals surface area contributed by atoms with E-state index >= 15 is 0 Å². The zero-order chi connectivity index (χ0) is 18.5. The van der Waals surface area contributed by atoms with Gasteiger partial charge in [-0.25, -0.2) is 0 Å². The molecule has 136 valence electrons. The van der Waals surface area contributed by atoms with E-state index in [1.165, 1.54) is 5.56 Å². The maximum absolute atomic E-state index is 12.1. The van der Waals surface area contributed by atoms with Crippen LogP contribution in [0.15, 0.2) is 42.6 Å². The molecule has 6 nitrogen and oxygen atoms in total. The van der Waals surface area contributed by atoms with E-state index in [-0.39, 0.29) is 12.5 Å². The molecule has 0 atom stereocenters. The summed E-state index contributed by atoms with van der Waals surface area (Å²) in [5.41, 5.74) is 3.03. The Bertz CT molecular complexity index is 902. The minimum absolute atomic E-state index is 0.00295. The zero-order valence-corrected chi connectivity index (χ0v) is 15.4. The number of rotatable bonds is 7. The van der Waals surface area contributed by atoms with Crippen LogP contribution >= 0.6 is 0 Å². The average molecular weight is 352 g/mol. The molecule has 1 aromatic carbocycles. The standard InChI is InChI=1S/C20H24N4O2/c1-14(2)16-8-7-15(3)17(12-16)26-13-20(25)21-10-9-19-23-22-18-6-4-5-11-24(18)19/h4-8,11-12,14H,9-10,13H2,1-3H3,(H,21,25). The second kappa shape index (κ2) is 7.99. The number of nitrogens with zero attached hydrogens (tertiary/aromatic N) is 3. The number of aryl methyl sites for hydroxylation is 1. The number of aromatic nitrogens is 3. The van der Waals surface area contributed by atoms with Crippen LogP contribution in [0, 0.1) is 6.92 Å². The molecule has 1 N–H and O–H groups in total. The fraction of sp³-hybridized carbons (Fsp3) is 0.350. The van der Waals surface area contributed by atoms with Crippen LogP contribution in [0.3, 0.4) is 0 Å². The number of benzene rings is 1. The Morgan fingerprint density at radius 2 is 2.08 bits per heavy atom. The molecule has 6 heteroatoms. The van der Waals surface area contributed by atoms with Crippen molar-refractivity contribution in [1.29, 1.82) is 0 Å². The number of fused-ring (bicyclic) bond motifs is 1.